The van der Waals surface area contributed by atoms with Crippen LogP contribution in [0.15, 0.2) is 17.0 Å². The normalized spacial score (nSPS) is 22.2. The molecular formula is C24H35Cl2NO2S. The van der Waals surface area contributed by atoms with Crippen LogP contribution in [-0.2, 0) is 9.59 Å². The van der Waals surface area contributed by atoms with Crippen molar-refractivity contribution < 1.29 is 9.59 Å². The van der Waals surface area contributed by atoms with Crippen LogP contribution >= 0.6 is 35.0 Å². The molecule has 1 amide bonds. The van der Waals surface area contributed by atoms with Crippen LogP contribution in [0.25, 0.3) is 0 Å². The molecule has 6 heteroatoms. The summed E-state index contributed by atoms with van der Waals surface area (Å²) in [6.07, 6.45) is 5.84. The van der Waals surface area contributed by atoms with Gasteiger partial charge < -0.3 is 5.32 Å². The first-order valence-electron chi connectivity index (χ1n) is 10.9. The minimum absolute atomic E-state index is 0.0115. The van der Waals surface area contributed by atoms with Crippen molar-refractivity contribution in [3.8, 4) is 0 Å². The number of amides is 1. The Hall–Kier alpha value is -0.710. The minimum Gasteiger partial charge on any atom is -0.325 e. The van der Waals surface area contributed by atoms with Gasteiger partial charge in [0.15, 0.2) is 5.12 Å². The van der Waals surface area contributed by atoms with Crippen molar-refractivity contribution >= 4 is 51.7 Å². The molecule has 168 valence electrons. The molecule has 30 heavy (non-hydrogen) atoms. The van der Waals surface area contributed by atoms with Crippen molar-refractivity contribution in [1.82, 2.24) is 0 Å². The molecule has 0 aromatic heterocycles. The van der Waals surface area contributed by atoms with Gasteiger partial charge in [0.05, 0.1) is 15.7 Å². The first kappa shape index (κ1) is 25.5. The van der Waals surface area contributed by atoms with Crippen molar-refractivity contribution in [2.75, 3.05) is 5.32 Å². The fraction of sp³-hybridized carbons (Fsp3) is 0.667. The first-order valence-corrected chi connectivity index (χ1v) is 12.4. The molecule has 1 aromatic carbocycles. The summed E-state index contributed by atoms with van der Waals surface area (Å²) in [5, 5.41) is 3.88. The molecule has 0 atom stereocenters. The first-order chi connectivity index (χ1) is 13.8. The van der Waals surface area contributed by atoms with E-state index in [-0.39, 0.29) is 16.4 Å². The third-order valence-corrected chi connectivity index (χ3v) is 8.08. The highest BCUT2D eigenvalue weighted by Gasteiger charge is 2.41. The van der Waals surface area contributed by atoms with Crippen molar-refractivity contribution in [2.24, 2.45) is 22.7 Å². The van der Waals surface area contributed by atoms with E-state index in [1.165, 1.54) is 0 Å². The smallest absolute Gasteiger partial charge is 0.230 e. The SMILES string of the molecule is CC(C)CCC1(C(=O)Nc2cc(Cl)c(Cl)cc2SC(=O)C(C)(C)C)CCC(C)CC1. The highest BCUT2D eigenvalue weighted by molar-refractivity contribution is 8.13. The molecule has 0 saturated heterocycles. The van der Waals surface area contributed by atoms with Gasteiger partial charge in [0.1, 0.15) is 0 Å². The number of rotatable bonds is 6. The van der Waals surface area contributed by atoms with Crippen LogP contribution in [0, 0.1) is 22.7 Å². The lowest BCUT2D eigenvalue weighted by atomic mass is 9.67. The zero-order valence-electron chi connectivity index (χ0n) is 19.0. The number of hydrogen-bond acceptors (Lipinski definition) is 3. The van der Waals surface area contributed by atoms with Crippen molar-refractivity contribution in [3.63, 3.8) is 0 Å². The number of hydrogen-bond donors (Lipinski definition) is 1. The molecule has 1 saturated carbocycles. The fourth-order valence-corrected chi connectivity index (χ4v) is 4.98. The third kappa shape index (κ3) is 6.64. The molecule has 0 heterocycles. The van der Waals surface area contributed by atoms with Gasteiger partial charge in [-0.15, -0.1) is 0 Å². The summed E-state index contributed by atoms with van der Waals surface area (Å²) in [5.41, 5.74) is -0.297. The van der Waals surface area contributed by atoms with Gasteiger partial charge >= 0.3 is 0 Å². The quantitative estimate of drug-likeness (QED) is 0.424. The van der Waals surface area contributed by atoms with Crippen molar-refractivity contribution in [2.45, 2.75) is 85.0 Å². The van der Waals surface area contributed by atoms with Crippen LogP contribution in [0.2, 0.25) is 10.0 Å². The second kappa shape index (κ2) is 10.3. The average molecular weight is 473 g/mol. The van der Waals surface area contributed by atoms with E-state index in [0.717, 1.165) is 50.3 Å². The Labute approximate surface area is 196 Å². The molecule has 0 aliphatic heterocycles. The van der Waals surface area contributed by atoms with Gasteiger partial charge in [-0.25, -0.2) is 0 Å². The number of carbonyl (C=O) groups excluding carboxylic acids is 2. The minimum atomic E-state index is -0.504. The summed E-state index contributed by atoms with van der Waals surface area (Å²) in [7, 11) is 0. The zero-order valence-corrected chi connectivity index (χ0v) is 21.4. The van der Waals surface area contributed by atoms with Crippen LogP contribution in [0.5, 0.6) is 0 Å². The van der Waals surface area contributed by atoms with Crippen LogP contribution in [0.3, 0.4) is 0 Å². The number of halogens is 2. The van der Waals surface area contributed by atoms with E-state index in [2.05, 4.69) is 26.1 Å². The number of benzene rings is 1. The molecule has 1 aromatic rings. The van der Waals surface area contributed by atoms with E-state index >= 15 is 0 Å². The molecule has 0 bridgehead atoms. The molecule has 1 fully saturated rings. The fourth-order valence-electron chi connectivity index (χ4n) is 3.69. The van der Waals surface area contributed by atoms with Crippen LogP contribution in [0.4, 0.5) is 5.69 Å². The lowest BCUT2D eigenvalue weighted by Gasteiger charge is -2.39. The predicted molar refractivity (Wildman–Crippen MR) is 130 cm³/mol. The molecule has 3 nitrogen and oxygen atoms in total. The number of anilines is 1. The third-order valence-electron chi connectivity index (χ3n) is 6.00. The van der Waals surface area contributed by atoms with E-state index in [4.69, 9.17) is 23.2 Å². The van der Waals surface area contributed by atoms with Gasteiger partial charge in [-0.2, -0.15) is 0 Å². The molecule has 1 aliphatic carbocycles. The Kier molecular flexibility index (Phi) is 8.75. The monoisotopic (exact) mass is 471 g/mol. The maximum absolute atomic E-state index is 13.6. The number of nitrogens with one attached hydrogen (secondary N) is 1. The van der Waals surface area contributed by atoms with Gasteiger partial charge in [-0.3, -0.25) is 9.59 Å². The lowest BCUT2D eigenvalue weighted by Crippen LogP contribution is -2.39. The maximum atomic E-state index is 13.6. The number of thioether (sulfide) groups is 1. The molecule has 0 radical (unpaired) electrons. The van der Waals surface area contributed by atoms with E-state index in [0.29, 0.717) is 32.5 Å². The Morgan fingerprint density at radius 1 is 1.17 bits per heavy atom. The Bertz CT molecular complexity index is 778. The molecule has 0 spiro atoms. The zero-order chi connectivity index (χ0) is 22.7. The average Bonchev–Trinajstić information content (AvgIpc) is 2.64. The molecular weight excluding hydrogens is 437 g/mol. The Morgan fingerprint density at radius 2 is 1.73 bits per heavy atom. The summed E-state index contributed by atoms with van der Waals surface area (Å²) in [4.78, 5) is 26.8. The van der Waals surface area contributed by atoms with Gasteiger partial charge in [-0.1, -0.05) is 64.7 Å². The van der Waals surface area contributed by atoms with Crippen LogP contribution in [-0.4, -0.2) is 11.0 Å². The summed E-state index contributed by atoms with van der Waals surface area (Å²) < 4.78 is 0. The standard InChI is InChI=1S/C24H35Cl2NO2S/c1-15(2)7-10-24(11-8-16(3)9-12-24)21(28)27-19-13-17(25)18(26)14-20(19)30-22(29)23(4,5)6/h13-16H,7-12H2,1-6H3,(H,27,28). The van der Waals surface area contributed by atoms with E-state index in [1.807, 2.05) is 20.8 Å². The van der Waals surface area contributed by atoms with E-state index in [9.17, 15) is 9.59 Å². The second-order valence-corrected chi connectivity index (χ2v) is 12.1. The molecule has 0 unspecified atom stereocenters. The number of carbonyl (C=O) groups is 2. The Balaban J connectivity index is 2.32. The van der Waals surface area contributed by atoms with Gasteiger partial charge in [0.25, 0.3) is 0 Å². The Morgan fingerprint density at radius 3 is 2.27 bits per heavy atom. The second-order valence-electron chi connectivity index (χ2n) is 10.3. The van der Waals surface area contributed by atoms with E-state index in [1.54, 1.807) is 12.1 Å². The van der Waals surface area contributed by atoms with Crippen LogP contribution in [0.1, 0.15) is 80.1 Å². The largest absolute Gasteiger partial charge is 0.325 e. The van der Waals surface area contributed by atoms with Gasteiger partial charge in [-0.05, 0) is 74.3 Å². The van der Waals surface area contributed by atoms with Crippen molar-refractivity contribution in [1.29, 1.82) is 0 Å². The lowest BCUT2D eigenvalue weighted by molar-refractivity contribution is -0.128. The molecule has 1 aliphatic rings. The highest BCUT2D eigenvalue weighted by Crippen LogP contribution is 2.45. The summed E-state index contributed by atoms with van der Waals surface area (Å²) in [6, 6.07) is 3.35. The topological polar surface area (TPSA) is 46.2 Å². The summed E-state index contributed by atoms with van der Waals surface area (Å²) >= 11 is 13.6. The molecule has 1 N–H and O–H groups in total. The molecule has 2 rings (SSSR count). The predicted octanol–water partition coefficient (Wildman–Crippen LogP) is 8.23. The maximum Gasteiger partial charge on any atom is 0.230 e. The van der Waals surface area contributed by atoms with Crippen molar-refractivity contribution in [3.05, 3.63) is 22.2 Å². The van der Waals surface area contributed by atoms with Gasteiger partial charge in [0, 0.05) is 15.7 Å². The summed E-state index contributed by atoms with van der Waals surface area (Å²) in [5.74, 6) is 1.25. The van der Waals surface area contributed by atoms with Crippen LogP contribution < -0.4 is 5.32 Å². The summed E-state index contributed by atoms with van der Waals surface area (Å²) in [6.45, 7) is 12.3. The highest BCUT2D eigenvalue weighted by atomic mass is 35.5. The van der Waals surface area contributed by atoms with E-state index < -0.39 is 5.41 Å². The van der Waals surface area contributed by atoms with Gasteiger partial charge in [0.2, 0.25) is 5.91 Å².